The first-order chi connectivity index (χ1) is 10.7. The zero-order valence-electron chi connectivity index (χ0n) is 12.5. The molecule has 0 fully saturated rings. The van der Waals surface area contributed by atoms with E-state index in [0.29, 0.717) is 38.5 Å². The molecule has 0 saturated carbocycles. The summed E-state index contributed by atoms with van der Waals surface area (Å²) in [7, 11) is 0. The largest absolute Gasteiger partial charge is 0.383 e. The number of hydrogen-bond donors (Lipinski definition) is 2. The minimum absolute atomic E-state index is 0.172. The zero-order valence-corrected chi connectivity index (χ0v) is 12.5. The Morgan fingerprint density at radius 1 is 1.32 bits per heavy atom. The lowest BCUT2D eigenvalue weighted by Gasteiger charge is -2.32. The van der Waals surface area contributed by atoms with Crippen LogP contribution < -0.4 is 11.1 Å². The maximum absolute atomic E-state index is 12.7. The second-order valence-electron chi connectivity index (χ2n) is 6.05. The van der Waals surface area contributed by atoms with E-state index in [9.17, 15) is 4.79 Å². The number of ether oxygens (including phenoxy) is 1. The Bertz CT molecular complexity index is 656. The summed E-state index contributed by atoms with van der Waals surface area (Å²) in [5, 5.41) is 3.32. The average Bonchev–Trinajstić information content (AvgIpc) is 3.05. The van der Waals surface area contributed by atoms with Gasteiger partial charge in [-0.15, -0.1) is 0 Å². The lowest BCUT2D eigenvalue weighted by atomic mass is 9.92. The highest BCUT2D eigenvalue weighted by Gasteiger charge is 2.32. The second-order valence-corrected chi connectivity index (χ2v) is 6.05. The number of nitrogen functional groups attached to an aromatic ring is 1. The van der Waals surface area contributed by atoms with Crippen LogP contribution >= 0.6 is 0 Å². The fourth-order valence-corrected chi connectivity index (χ4v) is 3.50. The summed E-state index contributed by atoms with van der Waals surface area (Å²) in [4.78, 5) is 19.1. The van der Waals surface area contributed by atoms with Crippen LogP contribution in [0.15, 0.2) is 12.2 Å². The highest BCUT2D eigenvalue weighted by atomic mass is 16.5. The molecule has 3 aliphatic heterocycles. The van der Waals surface area contributed by atoms with Gasteiger partial charge in [-0.2, -0.15) is 0 Å². The van der Waals surface area contributed by atoms with Gasteiger partial charge in [0.25, 0.3) is 0 Å². The van der Waals surface area contributed by atoms with Crippen molar-refractivity contribution in [2.75, 3.05) is 18.8 Å². The number of nitrogens with one attached hydrogen (secondary N) is 1. The van der Waals surface area contributed by atoms with Crippen molar-refractivity contribution in [3.8, 4) is 0 Å². The monoisotopic (exact) mass is 300 g/mol. The molecule has 1 aromatic rings. The number of nitrogens with two attached hydrogens (primary N) is 1. The first-order valence-electron chi connectivity index (χ1n) is 7.78. The highest BCUT2D eigenvalue weighted by Crippen LogP contribution is 2.32. The Morgan fingerprint density at radius 2 is 2.18 bits per heavy atom. The van der Waals surface area contributed by atoms with Crippen molar-refractivity contribution < 1.29 is 9.53 Å². The minimum Gasteiger partial charge on any atom is -0.383 e. The highest BCUT2D eigenvalue weighted by molar-refractivity contribution is 5.83. The van der Waals surface area contributed by atoms with Gasteiger partial charge < -0.3 is 15.4 Å². The minimum atomic E-state index is -0.172. The molecule has 0 aromatic carbocycles. The third kappa shape index (κ3) is 2.19. The molecule has 4 heterocycles. The van der Waals surface area contributed by atoms with E-state index in [0.717, 1.165) is 35.3 Å². The number of carbonyl (C=O) groups is 1. The van der Waals surface area contributed by atoms with E-state index >= 15 is 0 Å². The number of pyridine rings is 1. The van der Waals surface area contributed by atoms with Gasteiger partial charge in [0, 0.05) is 25.2 Å². The van der Waals surface area contributed by atoms with Gasteiger partial charge in [-0.1, -0.05) is 12.2 Å². The summed E-state index contributed by atoms with van der Waals surface area (Å²) in [6.45, 7) is 3.22. The van der Waals surface area contributed by atoms with Crippen molar-refractivity contribution >= 4 is 11.7 Å². The number of nitrogens with zero attached hydrogens (tertiary/aromatic N) is 2. The van der Waals surface area contributed by atoms with Crippen LogP contribution in [0.5, 0.6) is 0 Å². The fraction of sp³-hybridized carbons (Fsp3) is 0.500. The first kappa shape index (κ1) is 13.7. The zero-order chi connectivity index (χ0) is 15.1. The van der Waals surface area contributed by atoms with Crippen LogP contribution in [-0.2, 0) is 35.7 Å². The van der Waals surface area contributed by atoms with Gasteiger partial charge in [0.15, 0.2) is 0 Å². The number of aromatic nitrogens is 1. The van der Waals surface area contributed by atoms with Crippen molar-refractivity contribution in [3.63, 3.8) is 0 Å². The SMILES string of the molecule is Nc1nc2c(c3c1COC3)CC(C(=O)N1CC=CCC1)NC2. The van der Waals surface area contributed by atoms with Crippen LogP contribution in [0, 0.1) is 0 Å². The third-order valence-corrected chi connectivity index (χ3v) is 4.73. The number of amides is 1. The first-order valence-corrected chi connectivity index (χ1v) is 7.78. The molecule has 0 aliphatic carbocycles. The van der Waals surface area contributed by atoms with Crippen molar-refractivity contribution in [2.45, 2.75) is 38.6 Å². The lowest BCUT2D eigenvalue weighted by molar-refractivity contribution is -0.133. The predicted molar refractivity (Wildman–Crippen MR) is 81.8 cm³/mol. The molecular weight excluding hydrogens is 280 g/mol. The Hall–Kier alpha value is -1.92. The van der Waals surface area contributed by atoms with Gasteiger partial charge in [0.1, 0.15) is 5.82 Å². The predicted octanol–water partition coefficient (Wildman–Crippen LogP) is 0.497. The standard InChI is InChI=1S/C16H20N4O2/c17-15-12-9-22-8-11(12)10-6-13(18-7-14(10)19-15)16(21)20-4-2-1-3-5-20/h1-2,13,18H,3-9H2,(H2,17,19). The maximum Gasteiger partial charge on any atom is 0.240 e. The summed E-state index contributed by atoms with van der Waals surface area (Å²) in [5.41, 5.74) is 10.3. The molecule has 6 heteroatoms. The second kappa shape index (κ2) is 5.37. The molecular formula is C16H20N4O2. The van der Waals surface area contributed by atoms with Crippen LogP contribution in [-0.4, -0.2) is 34.9 Å². The van der Waals surface area contributed by atoms with Gasteiger partial charge in [-0.3, -0.25) is 10.1 Å². The molecule has 0 radical (unpaired) electrons. The topological polar surface area (TPSA) is 80.5 Å². The van der Waals surface area contributed by atoms with Crippen molar-refractivity contribution in [3.05, 3.63) is 34.5 Å². The van der Waals surface area contributed by atoms with E-state index in [1.165, 1.54) is 0 Å². The molecule has 0 saturated heterocycles. The van der Waals surface area contributed by atoms with Crippen LogP contribution in [0.2, 0.25) is 0 Å². The van der Waals surface area contributed by atoms with Crippen molar-refractivity contribution in [2.24, 2.45) is 0 Å². The molecule has 116 valence electrons. The van der Waals surface area contributed by atoms with Gasteiger partial charge in [-0.05, 0) is 24.0 Å². The number of fused-ring (bicyclic) bond motifs is 3. The smallest absolute Gasteiger partial charge is 0.240 e. The Balaban J connectivity index is 1.60. The average molecular weight is 300 g/mol. The number of carbonyl (C=O) groups excluding carboxylic acids is 1. The summed E-state index contributed by atoms with van der Waals surface area (Å²) in [5.74, 6) is 0.749. The quantitative estimate of drug-likeness (QED) is 0.738. The molecule has 0 spiro atoms. The molecule has 22 heavy (non-hydrogen) atoms. The molecule has 1 atom stereocenters. The molecule has 4 rings (SSSR count). The fourth-order valence-electron chi connectivity index (χ4n) is 3.50. The van der Waals surface area contributed by atoms with Gasteiger partial charge in [-0.25, -0.2) is 4.98 Å². The molecule has 1 amide bonds. The Morgan fingerprint density at radius 3 is 3.00 bits per heavy atom. The molecule has 6 nitrogen and oxygen atoms in total. The van der Waals surface area contributed by atoms with Crippen molar-refractivity contribution in [1.29, 1.82) is 0 Å². The molecule has 3 aliphatic rings. The Kier molecular flexibility index (Phi) is 3.35. The summed E-state index contributed by atoms with van der Waals surface area (Å²) in [6.07, 6.45) is 5.81. The van der Waals surface area contributed by atoms with E-state index in [-0.39, 0.29) is 11.9 Å². The van der Waals surface area contributed by atoms with Gasteiger partial charge in [0.05, 0.1) is 24.9 Å². The van der Waals surface area contributed by atoms with Gasteiger partial charge in [0.2, 0.25) is 5.91 Å². The number of hydrogen-bond acceptors (Lipinski definition) is 5. The van der Waals surface area contributed by atoms with Crippen LogP contribution in [0.1, 0.15) is 28.8 Å². The van der Waals surface area contributed by atoms with E-state index in [4.69, 9.17) is 10.5 Å². The van der Waals surface area contributed by atoms with E-state index < -0.39 is 0 Å². The van der Waals surface area contributed by atoms with E-state index in [1.54, 1.807) is 0 Å². The maximum atomic E-state index is 12.7. The molecule has 3 N–H and O–H groups in total. The van der Waals surface area contributed by atoms with Crippen molar-refractivity contribution in [1.82, 2.24) is 15.2 Å². The van der Waals surface area contributed by atoms with Crippen LogP contribution in [0.3, 0.4) is 0 Å². The van der Waals surface area contributed by atoms with E-state index in [2.05, 4.69) is 22.5 Å². The normalized spacial score (nSPS) is 23.3. The Labute approximate surface area is 129 Å². The van der Waals surface area contributed by atoms with Gasteiger partial charge >= 0.3 is 0 Å². The van der Waals surface area contributed by atoms with Crippen LogP contribution in [0.25, 0.3) is 0 Å². The number of rotatable bonds is 1. The lowest BCUT2D eigenvalue weighted by Crippen LogP contribution is -2.50. The molecule has 0 bridgehead atoms. The molecule has 1 unspecified atom stereocenters. The molecule has 1 aromatic heterocycles. The summed E-state index contributed by atoms with van der Waals surface area (Å²) >= 11 is 0. The number of anilines is 1. The summed E-state index contributed by atoms with van der Waals surface area (Å²) < 4.78 is 5.53. The summed E-state index contributed by atoms with van der Waals surface area (Å²) in [6, 6.07) is -0.172. The van der Waals surface area contributed by atoms with Crippen LogP contribution in [0.4, 0.5) is 5.82 Å². The van der Waals surface area contributed by atoms with E-state index in [1.807, 2.05) is 4.90 Å². The third-order valence-electron chi connectivity index (χ3n) is 4.73.